The quantitative estimate of drug-likeness (QED) is 0.597. The first-order chi connectivity index (χ1) is 13.8. The van der Waals surface area contributed by atoms with Crippen molar-refractivity contribution >= 4 is 37.8 Å². The van der Waals surface area contributed by atoms with Gasteiger partial charge in [0.1, 0.15) is 0 Å². The van der Waals surface area contributed by atoms with Crippen molar-refractivity contribution in [2.24, 2.45) is 11.8 Å². The van der Waals surface area contributed by atoms with Crippen LogP contribution in [0.2, 0.25) is 0 Å². The summed E-state index contributed by atoms with van der Waals surface area (Å²) in [6.07, 6.45) is 2.53. The first-order valence-electron chi connectivity index (χ1n) is 10.0. The Morgan fingerprint density at radius 3 is 2.34 bits per heavy atom. The minimum atomic E-state index is -3.62. The van der Waals surface area contributed by atoms with Gasteiger partial charge in [0.2, 0.25) is 15.9 Å². The van der Waals surface area contributed by atoms with Crippen molar-refractivity contribution in [1.82, 2.24) is 9.21 Å². The molecule has 0 aromatic heterocycles. The van der Waals surface area contributed by atoms with Crippen LogP contribution in [0.5, 0.6) is 0 Å². The van der Waals surface area contributed by atoms with Gasteiger partial charge in [-0.25, -0.2) is 8.42 Å². The number of hydrogen-bond donors (Lipinski definition) is 0. The van der Waals surface area contributed by atoms with Crippen LogP contribution in [0.15, 0.2) is 33.6 Å². The second-order valence-corrected chi connectivity index (χ2v) is 10.4. The van der Waals surface area contributed by atoms with Crippen molar-refractivity contribution in [3.05, 3.63) is 28.7 Å². The molecule has 0 saturated carbocycles. The average Bonchev–Trinajstić information content (AvgIpc) is 2.74. The highest BCUT2D eigenvalue weighted by Gasteiger charge is 2.36. The maximum absolute atomic E-state index is 13.0. The van der Waals surface area contributed by atoms with Gasteiger partial charge in [0.25, 0.3) is 0 Å². The predicted octanol–water partition coefficient (Wildman–Crippen LogP) is 2.65. The van der Waals surface area contributed by atoms with E-state index < -0.39 is 10.0 Å². The molecule has 0 bridgehead atoms. The second kappa shape index (κ2) is 9.57. The molecule has 7 nitrogen and oxygen atoms in total. The summed E-state index contributed by atoms with van der Waals surface area (Å²) in [7, 11) is -3.62. The summed E-state index contributed by atoms with van der Waals surface area (Å²) in [5.74, 6) is -0.695. The van der Waals surface area contributed by atoms with Crippen molar-refractivity contribution in [3.63, 3.8) is 0 Å². The van der Waals surface area contributed by atoms with Gasteiger partial charge in [0.05, 0.1) is 23.3 Å². The minimum Gasteiger partial charge on any atom is -0.466 e. The lowest BCUT2D eigenvalue weighted by Crippen LogP contribution is -2.49. The number of likely N-dealkylation sites (tertiary alicyclic amines) is 1. The number of amides is 1. The third-order valence-electron chi connectivity index (χ3n) is 5.61. The lowest BCUT2D eigenvalue weighted by atomic mass is 9.93. The summed E-state index contributed by atoms with van der Waals surface area (Å²) in [6, 6.07) is 6.55. The number of carbonyl (C=O) groups is 2. The number of carbonyl (C=O) groups excluding carboxylic acids is 2. The van der Waals surface area contributed by atoms with Crippen LogP contribution in [-0.2, 0) is 24.3 Å². The summed E-state index contributed by atoms with van der Waals surface area (Å²) < 4.78 is 33.2. The van der Waals surface area contributed by atoms with E-state index in [2.05, 4.69) is 15.9 Å². The van der Waals surface area contributed by atoms with Gasteiger partial charge in [-0.15, -0.1) is 0 Å². The maximum Gasteiger partial charge on any atom is 0.309 e. The molecule has 0 radical (unpaired) electrons. The highest BCUT2D eigenvalue weighted by Crippen LogP contribution is 2.27. The minimum absolute atomic E-state index is 0.0111. The summed E-state index contributed by atoms with van der Waals surface area (Å²) in [6.45, 7) is 3.80. The van der Waals surface area contributed by atoms with E-state index in [4.69, 9.17) is 4.74 Å². The van der Waals surface area contributed by atoms with Crippen molar-refractivity contribution < 1.29 is 22.7 Å². The fraction of sp³-hybridized carbons (Fsp3) is 0.600. The van der Waals surface area contributed by atoms with Gasteiger partial charge < -0.3 is 9.64 Å². The Kier molecular flexibility index (Phi) is 7.34. The molecular formula is C20H27BrN2O5S. The van der Waals surface area contributed by atoms with Crippen LogP contribution in [0.1, 0.15) is 32.6 Å². The standard InChI is InChI=1S/C20H27BrN2O5S/c1-2-28-20(25)15-9-12-22(13-10-15)19(24)16-4-3-11-23(14-16)29(26,27)18-7-5-17(21)6-8-18/h5-8,15-16H,2-4,9-14H2,1H3. The fourth-order valence-corrected chi connectivity index (χ4v) is 5.76. The van der Waals surface area contributed by atoms with E-state index >= 15 is 0 Å². The number of piperidine rings is 2. The van der Waals surface area contributed by atoms with Crippen molar-refractivity contribution in [3.8, 4) is 0 Å². The van der Waals surface area contributed by atoms with Crippen LogP contribution >= 0.6 is 15.9 Å². The Balaban J connectivity index is 1.61. The molecule has 1 aromatic rings. The molecule has 2 aliphatic rings. The second-order valence-electron chi connectivity index (χ2n) is 7.51. The zero-order valence-electron chi connectivity index (χ0n) is 16.5. The summed E-state index contributed by atoms with van der Waals surface area (Å²) >= 11 is 3.32. The number of rotatable bonds is 5. The number of benzene rings is 1. The summed E-state index contributed by atoms with van der Waals surface area (Å²) in [4.78, 5) is 26.9. The molecule has 3 rings (SSSR count). The molecule has 0 spiro atoms. The zero-order valence-corrected chi connectivity index (χ0v) is 19.0. The highest BCUT2D eigenvalue weighted by atomic mass is 79.9. The Morgan fingerprint density at radius 1 is 1.07 bits per heavy atom. The van der Waals surface area contributed by atoms with Crippen molar-refractivity contribution in [2.75, 3.05) is 32.8 Å². The number of halogens is 1. The number of hydrogen-bond acceptors (Lipinski definition) is 5. The van der Waals surface area contributed by atoms with Crippen molar-refractivity contribution in [1.29, 1.82) is 0 Å². The van der Waals surface area contributed by atoms with E-state index in [0.29, 0.717) is 51.9 Å². The van der Waals surface area contributed by atoms with Crippen LogP contribution in [0.25, 0.3) is 0 Å². The van der Waals surface area contributed by atoms with Gasteiger partial charge in [0.15, 0.2) is 0 Å². The van der Waals surface area contributed by atoms with Gasteiger partial charge in [-0.3, -0.25) is 9.59 Å². The number of nitrogens with zero attached hydrogens (tertiary/aromatic N) is 2. The van der Waals surface area contributed by atoms with Crippen molar-refractivity contribution in [2.45, 2.75) is 37.5 Å². The van der Waals surface area contributed by atoms with E-state index in [1.165, 1.54) is 4.31 Å². The number of sulfonamides is 1. The first kappa shape index (κ1) is 22.2. The number of esters is 1. The Labute approximate surface area is 180 Å². The first-order valence-corrected chi connectivity index (χ1v) is 12.3. The van der Waals surface area contributed by atoms with Crippen LogP contribution in [0.3, 0.4) is 0 Å². The lowest BCUT2D eigenvalue weighted by Gasteiger charge is -2.37. The molecule has 2 aliphatic heterocycles. The largest absolute Gasteiger partial charge is 0.466 e. The van der Waals surface area contributed by atoms with E-state index in [1.54, 1.807) is 36.1 Å². The van der Waals surface area contributed by atoms with Gasteiger partial charge >= 0.3 is 5.97 Å². The van der Waals surface area contributed by atoms with Crippen LogP contribution in [-0.4, -0.2) is 62.3 Å². The molecule has 0 aliphatic carbocycles. The zero-order chi connectivity index (χ0) is 21.0. The Hall–Kier alpha value is -1.45. The van der Waals surface area contributed by atoms with Crippen LogP contribution < -0.4 is 0 Å². The summed E-state index contributed by atoms with van der Waals surface area (Å²) in [5.41, 5.74) is 0. The van der Waals surface area contributed by atoms with Gasteiger partial charge in [-0.2, -0.15) is 4.31 Å². The maximum atomic E-state index is 13.0. The third kappa shape index (κ3) is 5.19. The summed E-state index contributed by atoms with van der Waals surface area (Å²) in [5, 5.41) is 0. The predicted molar refractivity (Wildman–Crippen MR) is 112 cm³/mol. The molecule has 29 heavy (non-hydrogen) atoms. The fourth-order valence-electron chi connectivity index (χ4n) is 3.97. The number of ether oxygens (including phenoxy) is 1. The Morgan fingerprint density at radius 2 is 1.72 bits per heavy atom. The van der Waals surface area contributed by atoms with Gasteiger partial charge in [-0.05, 0) is 56.9 Å². The van der Waals surface area contributed by atoms with E-state index in [1.807, 2.05) is 0 Å². The molecule has 1 amide bonds. The molecule has 1 aromatic carbocycles. The van der Waals surface area contributed by atoms with Crippen LogP contribution in [0, 0.1) is 11.8 Å². The highest BCUT2D eigenvalue weighted by molar-refractivity contribution is 9.10. The topological polar surface area (TPSA) is 84.0 Å². The molecule has 160 valence electrons. The third-order valence-corrected chi connectivity index (χ3v) is 8.02. The van der Waals surface area contributed by atoms with E-state index in [9.17, 15) is 18.0 Å². The Bertz CT molecular complexity index is 835. The van der Waals surface area contributed by atoms with Gasteiger partial charge in [0, 0.05) is 30.7 Å². The van der Waals surface area contributed by atoms with E-state index in [0.717, 1.165) is 4.47 Å². The molecule has 1 unspecified atom stereocenters. The average molecular weight is 487 g/mol. The normalized spacial score (nSPS) is 21.7. The molecule has 2 fully saturated rings. The smallest absolute Gasteiger partial charge is 0.309 e. The van der Waals surface area contributed by atoms with Gasteiger partial charge in [-0.1, -0.05) is 15.9 Å². The lowest BCUT2D eigenvalue weighted by molar-refractivity contribution is -0.152. The monoisotopic (exact) mass is 486 g/mol. The molecular weight excluding hydrogens is 460 g/mol. The molecule has 1 atom stereocenters. The molecule has 0 N–H and O–H groups in total. The molecule has 2 heterocycles. The molecule has 2 saturated heterocycles. The van der Waals surface area contributed by atoms with E-state index in [-0.39, 0.29) is 35.2 Å². The molecule has 9 heteroatoms. The van der Waals surface area contributed by atoms with Crippen LogP contribution in [0.4, 0.5) is 0 Å². The SMILES string of the molecule is CCOC(=O)C1CCN(C(=O)C2CCCN(S(=O)(=O)c3ccc(Br)cc3)C2)CC1.